The van der Waals surface area contributed by atoms with Gasteiger partial charge in [0, 0.05) is 43.3 Å². The fourth-order valence-electron chi connectivity index (χ4n) is 5.10. The quantitative estimate of drug-likeness (QED) is 0.220. The highest BCUT2D eigenvalue weighted by Gasteiger charge is 2.38. The van der Waals surface area contributed by atoms with E-state index >= 15 is 0 Å². The second-order valence-corrected chi connectivity index (χ2v) is 10.8. The first-order valence-electron chi connectivity index (χ1n) is 13.6. The molecule has 45 heavy (non-hydrogen) atoms. The van der Waals surface area contributed by atoms with Crippen LogP contribution in [0.25, 0.3) is 22.6 Å². The van der Waals surface area contributed by atoms with Crippen LogP contribution in [0.2, 0.25) is 5.02 Å². The van der Waals surface area contributed by atoms with Crippen LogP contribution in [0.5, 0.6) is 0 Å². The molecule has 4 heterocycles. The summed E-state index contributed by atoms with van der Waals surface area (Å²) in [6, 6.07) is -1.86. The molecule has 0 atom stereocenters. The summed E-state index contributed by atoms with van der Waals surface area (Å²) in [4.78, 5) is 30.8. The molecule has 1 fully saturated rings. The van der Waals surface area contributed by atoms with E-state index in [1.54, 1.807) is 24.9 Å². The third kappa shape index (κ3) is 7.43. The average Bonchev–Trinajstić information content (AvgIpc) is 3.56. The molecule has 12 nitrogen and oxygen atoms in total. The number of alkyl halides is 6. The number of hydrogen-bond acceptors (Lipinski definition) is 8. The number of urea groups is 1. The van der Waals surface area contributed by atoms with Gasteiger partial charge in [-0.25, -0.2) is 19.7 Å². The molecule has 0 aromatic carbocycles. The zero-order chi connectivity index (χ0) is 32.5. The number of aromatic nitrogens is 8. The van der Waals surface area contributed by atoms with Crippen molar-refractivity contribution in [3.8, 4) is 22.6 Å². The van der Waals surface area contributed by atoms with Gasteiger partial charge in [0.15, 0.2) is 5.82 Å². The Morgan fingerprint density at radius 2 is 1.80 bits per heavy atom. The molecule has 3 N–H and O–H groups in total. The van der Waals surface area contributed by atoms with Crippen molar-refractivity contribution < 1.29 is 31.1 Å². The molecule has 1 aliphatic carbocycles. The van der Waals surface area contributed by atoms with E-state index in [0.29, 0.717) is 48.8 Å². The molecule has 1 saturated carbocycles. The highest BCUT2D eigenvalue weighted by atomic mass is 35.5. The normalized spacial score (nSPS) is 17.3. The number of carbonyl (C=O) groups is 1. The number of nitrogens with one attached hydrogen (secondary N) is 3. The molecule has 0 bridgehead atoms. The molecule has 1 aliphatic rings. The Morgan fingerprint density at radius 3 is 2.36 bits per heavy atom. The van der Waals surface area contributed by atoms with Crippen molar-refractivity contribution in [1.29, 1.82) is 0 Å². The number of carbonyl (C=O) groups excluding carboxylic acids is 1. The molecule has 4 aromatic rings. The van der Waals surface area contributed by atoms with Crippen molar-refractivity contribution in [2.24, 2.45) is 7.05 Å². The maximum Gasteiger partial charge on any atom is 0.420 e. The van der Waals surface area contributed by atoms with Crippen LogP contribution in [0.4, 0.5) is 42.9 Å². The van der Waals surface area contributed by atoms with Crippen molar-refractivity contribution in [2.45, 2.75) is 57.0 Å². The number of amides is 2. The van der Waals surface area contributed by atoms with Gasteiger partial charge < -0.3 is 10.6 Å². The number of H-pyrrole nitrogens is 1. The first-order valence-corrected chi connectivity index (χ1v) is 13.9. The van der Waals surface area contributed by atoms with Crippen molar-refractivity contribution in [3.63, 3.8) is 0 Å². The Hall–Kier alpha value is -4.48. The summed E-state index contributed by atoms with van der Waals surface area (Å²) >= 11 is 6.00. The predicted octanol–water partition coefficient (Wildman–Crippen LogP) is 5.54. The smallest absolute Gasteiger partial charge is 0.351 e. The first-order chi connectivity index (χ1) is 21.2. The number of aryl methyl sites for hydroxylation is 2. The summed E-state index contributed by atoms with van der Waals surface area (Å²) in [7, 11) is 1.74. The van der Waals surface area contributed by atoms with Crippen molar-refractivity contribution in [1.82, 2.24) is 45.2 Å². The van der Waals surface area contributed by atoms with Gasteiger partial charge in [0.05, 0.1) is 28.8 Å². The third-order valence-electron chi connectivity index (χ3n) is 7.14. The molecule has 4 aromatic heterocycles. The zero-order valence-electron chi connectivity index (χ0n) is 23.7. The fourth-order valence-corrected chi connectivity index (χ4v) is 5.28. The Balaban J connectivity index is 1.33. The van der Waals surface area contributed by atoms with Crippen LogP contribution >= 0.6 is 11.6 Å². The maximum absolute atomic E-state index is 13.6. The fraction of sp³-hybridized carbons (Fsp3) is 0.423. The Morgan fingerprint density at radius 1 is 1.07 bits per heavy atom. The van der Waals surface area contributed by atoms with Crippen LogP contribution in [0.3, 0.4) is 0 Å². The number of nitrogens with zero attached hydrogens (tertiary/aromatic N) is 8. The number of halogens is 7. The lowest BCUT2D eigenvalue weighted by Gasteiger charge is -2.36. The van der Waals surface area contributed by atoms with Gasteiger partial charge in [-0.05, 0) is 32.6 Å². The Kier molecular flexibility index (Phi) is 8.86. The summed E-state index contributed by atoms with van der Waals surface area (Å²) in [5.74, 6) is -0.0320. The van der Waals surface area contributed by atoms with E-state index in [9.17, 15) is 31.1 Å². The van der Waals surface area contributed by atoms with Gasteiger partial charge >= 0.3 is 18.4 Å². The average molecular weight is 658 g/mol. The van der Waals surface area contributed by atoms with E-state index in [-0.39, 0.29) is 28.5 Å². The molecular weight excluding hydrogens is 632 g/mol. The standard InChI is InChI=1S/C26H26ClF6N11O/c1-13-16(11-43(2)42-13)19-9-35-20(10-34-19)44(24(45)37-12-25(28,29)30)15-5-3-14(4-6-15)39-23-36-7-17(26(31,32)33)21(40-23)22-18(27)8-38-41-22/h7-11,14-15H,3-6,12H2,1-2H3,(H,37,45)(H,38,41)(H,36,39,40). The molecule has 0 aliphatic heterocycles. The zero-order valence-corrected chi connectivity index (χ0v) is 24.5. The monoisotopic (exact) mass is 657 g/mol. The van der Waals surface area contributed by atoms with E-state index in [2.05, 4.69) is 40.5 Å². The van der Waals surface area contributed by atoms with Crippen LogP contribution < -0.4 is 15.5 Å². The van der Waals surface area contributed by atoms with Crippen molar-refractivity contribution in [2.75, 3.05) is 16.8 Å². The molecule has 0 unspecified atom stereocenters. The molecule has 2 amide bonds. The number of hydrogen-bond donors (Lipinski definition) is 3. The molecule has 5 rings (SSSR count). The van der Waals surface area contributed by atoms with Crippen LogP contribution in [-0.2, 0) is 13.2 Å². The van der Waals surface area contributed by atoms with E-state index in [1.807, 2.05) is 5.32 Å². The number of anilines is 2. The second-order valence-electron chi connectivity index (χ2n) is 10.4. The topological polar surface area (TPSA) is 142 Å². The van der Waals surface area contributed by atoms with Crippen LogP contribution in [0.1, 0.15) is 36.9 Å². The van der Waals surface area contributed by atoms with Gasteiger partial charge in [-0.15, -0.1) is 0 Å². The van der Waals surface area contributed by atoms with E-state index in [0.717, 1.165) is 4.90 Å². The highest BCUT2D eigenvalue weighted by Crippen LogP contribution is 2.38. The lowest BCUT2D eigenvalue weighted by Crippen LogP contribution is -2.50. The Labute approximate surface area is 256 Å². The summed E-state index contributed by atoms with van der Waals surface area (Å²) in [6.45, 7) is 0.254. The summed E-state index contributed by atoms with van der Waals surface area (Å²) in [5, 5.41) is 15.3. The molecule has 0 saturated heterocycles. The lowest BCUT2D eigenvalue weighted by molar-refractivity contribution is -0.137. The minimum atomic E-state index is -4.76. The largest absolute Gasteiger partial charge is 0.420 e. The van der Waals surface area contributed by atoms with Crippen LogP contribution in [-0.4, -0.2) is 70.7 Å². The molecule has 0 radical (unpaired) electrons. The van der Waals surface area contributed by atoms with Gasteiger partial charge in [-0.1, -0.05) is 11.6 Å². The van der Waals surface area contributed by atoms with Crippen molar-refractivity contribution >= 4 is 29.4 Å². The SMILES string of the molecule is Cc1nn(C)cc1-c1cnc(N(C(=O)NCC(F)(F)F)C2CCC(Nc3ncc(C(F)(F)F)c(-c4n[nH]cc4Cl)n3)CC2)cn1. The molecular formula is C26H26ClF6N11O. The van der Waals surface area contributed by atoms with Crippen LogP contribution in [0, 0.1) is 6.92 Å². The molecule has 240 valence electrons. The predicted molar refractivity (Wildman–Crippen MR) is 150 cm³/mol. The highest BCUT2D eigenvalue weighted by molar-refractivity contribution is 6.32. The van der Waals surface area contributed by atoms with Gasteiger partial charge in [-0.3, -0.25) is 19.7 Å². The lowest BCUT2D eigenvalue weighted by atomic mass is 9.90. The Bertz CT molecular complexity index is 1650. The third-order valence-corrected chi connectivity index (χ3v) is 7.43. The van der Waals surface area contributed by atoms with E-state index < -0.39 is 42.2 Å². The first kappa shape index (κ1) is 31.9. The van der Waals surface area contributed by atoms with Gasteiger partial charge in [0.25, 0.3) is 0 Å². The van der Waals surface area contributed by atoms with Gasteiger partial charge in [0.1, 0.15) is 23.5 Å². The maximum atomic E-state index is 13.6. The van der Waals surface area contributed by atoms with Crippen LogP contribution in [0.15, 0.2) is 31.0 Å². The van der Waals surface area contributed by atoms with Crippen molar-refractivity contribution in [3.05, 3.63) is 47.3 Å². The molecule has 19 heteroatoms. The minimum absolute atomic E-state index is 0.0544. The number of rotatable bonds is 7. The second kappa shape index (κ2) is 12.5. The van der Waals surface area contributed by atoms with Gasteiger partial charge in [-0.2, -0.15) is 36.5 Å². The minimum Gasteiger partial charge on any atom is -0.351 e. The van der Waals surface area contributed by atoms with Gasteiger partial charge in [0.2, 0.25) is 5.95 Å². The molecule has 0 spiro atoms. The summed E-state index contributed by atoms with van der Waals surface area (Å²) < 4.78 is 81.3. The van der Waals surface area contributed by atoms with E-state index in [4.69, 9.17) is 11.6 Å². The summed E-state index contributed by atoms with van der Waals surface area (Å²) in [5.41, 5.74) is 0.0682. The van der Waals surface area contributed by atoms with E-state index in [1.165, 1.54) is 18.6 Å². The summed E-state index contributed by atoms with van der Waals surface area (Å²) in [6.07, 6.45) is -1.63. The number of aromatic amines is 1.